The fraction of sp³-hybridized carbons (Fsp3) is 0.867. The first-order chi connectivity index (χ1) is 9.85. The van der Waals surface area contributed by atoms with Crippen LogP contribution < -0.4 is 5.32 Å². The summed E-state index contributed by atoms with van der Waals surface area (Å²) in [7, 11) is 0. The zero-order valence-corrected chi connectivity index (χ0v) is 13.4. The molecule has 1 heterocycles. The molecule has 2 fully saturated rings. The van der Waals surface area contributed by atoms with Crippen LogP contribution in [0.2, 0.25) is 0 Å². The van der Waals surface area contributed by atoms with Gasteiger partial charge >= 0.3 is 6.09 Å². The zero-order chi connectivity index (χ0) is 15.5. The predicted octanol–water partition coefficient (Wildman–Crippen LogP) is 1.07. The van der Waals surface area contributed by atoms with Crippen LogP contribution in [0.5, 0.6) is 0 Å². The van der Waals surface area contributed by atoms with Crippen LogP contribution in [0.25, 0.3) is 0 Å². The van der Waals surface area contributed by atoms with Gasteiger partial charge in [0.05, 0.1) is 0 Å². The van der Waals surface area contributed by atoms with Gasteiger partial charge in [0.1, 0.15) is 5.60 Å². The summed E-state index contributed by atoms with van der Waals surface area (Å²) in [5.41, 5.74) is -0.443. The Morgan fingerprint density at radius 3 is 2.29 bits per heavy atom. The smallest absolute Gasteiger partial charge is 0.410 e. The van der Waals surface area contributed by atoms with E-state index in [1.54, 1.807) is 4.90 Å². The Kier molecular flexibility index (Phi) is 5.08. The van der Waals surface area contributed by atoms with Gasteiger partial charge in [0.25, 0.3) is 0 Å². The second-order valence-electron chi connectivity index (χ2n) is 6.87. The largest absolute Gasteiger partial charge is 0.444 e. The van der Waals surface area contributed by atoms with Crippen LogP contribution >= 0.6 is 0 Å². The van der Waals surface area contributed by atoms with Gasteiger partial charge in [0.15, 0.2) is 0 Å². The van der Waals surface area contributed by atoms with Crippen molar-refractivity contribution in [2.24, 2.45) is 5.92 Å². The van der Waals surface area contributed by atoms with Crippen LogP contribution in [-0.2, 0) is 9.53 Å². The van der Waals surface area contributed by atoms with Crippen molar-refractivity contribution in [3.05, 3.63) is 0 Å². The molecule has 2 aliphatic rings. The van der Waals surface area contributed by atoms with Gasteiger partial charge in [-0.25, -0.2) is 4.79 Å². The first-order valence-electron chi connectivity index (χ1n) is 7.83. The second kappa shape index (κ2) is 6.64. The Balaban J connectivity index is 1.61. The molecule has 120 valence electrons. The number of nitrogens with zero attached hydrogens (tertiary/aromatic N) is 2. The summed E-state index contributed by atoms with van der Waals surface area (Å²) in [6.07, 6.45) is 1.85. The van der Waals surface area contributed by atoms with Gasteiger partial charge in [-0.1, -0.05) is 0 Å². The molecule has 0 spiro atoms. The highest BCUT2D eigenvalue weighted by Crippen LogP contribution is 2.28. The van der Waals surface area contributed by atoms with Crippen LogP contribution in [0.3, 0.4) is 0 Å². The SMILES string of the molecule is CC(C)(C)OC(=O)N1CCN(CCNC(=O)C2CC2)CC1. The van der Waals surface area contributed by atoms with Gasteiger partial charge in [0.2, 0.25) is 5.91 Å². The molecule has 0 aromatic carbocycles. The van der Waals surface area contributed by atoms with Crippen LogP contribution in [0.4, 0.5) is 4.79 Å². The van der Waals surface area contributed by atoms with E-state index in [4.69, 9.17) is 4.74 Å². The molecule has 0 aromatic rings. The first-order valence-corrected chi connectivity index (χ1v) is 7.83. The fourth-order valence-corrected chi connectivity index (χ4v) is 2.31. The molecule has 1 aliphatic carbocycles. The predicted molar refractivity (Wildman–Crippen MR) is 80.0 cm³/mol. The Bertz CT molecular complexity index is 380. The van der Waals surface area contributed by atoms with Crippen molar-refractivity contribution in [2.75, 3.05) is 39.3 Å². The van der Waals surface area contributed by atoms with Crippen molar-refractivity contribution < 1.29 is 14.3 Å². The highest BCUT2D eigenvalue weighted by atomic mass is 16.6. The lowest BCUT2D eigenvalue weighted by Crippen LogP contribution is -2.51. The molecule has 6 heteroatoms. The van der Waals surface area contributed by atoms with Crippen molar-refractivity contribution in [2.45, 2.75) is 39.2 Å². The van der Waals surface area contributed by atoms with E-state index in [2.05, 4.69) is 10.2 Å². The quantitative estimate of drug-likeness (QED) is 0.843. The molecule has 2 rings (SSSR count). The van der Waals surface area contributed by atoms with Crippen LogP contribution in [-0.4, -0.2) is 66.7 Å². The molecule has 1 saturated carbocycles. The van der Waals surface area contributed by atoms with E-state index in [1.807, 2.05) is 20.8 Å². The number of nitrogens with one attached hydrogen (secondary N) is 1. The number of rotatable bonds is 4. The summed E-state index contributed by atoms with van der Waals surface area (Å²) in [5, 5.41) is 2.97. The summed E-state index contributed by atoms with van der Waals surface area (Å²) >= 11 is 0. The van der Waals surface area contributed by atoms with E-state index >= 15 is 0 Å². The van der Waals surface area contributed by atoms with E-state index in [-0.39, 0.29) is 17.9 Å². The summed E-state index contributed by atoms with van der Waals surface area (Å²) in [5.74, 6) is 0.469. The molecule has 0 aromatic heterocycles. The molecule has 2 amide bonds. The average Bonchev–Trinajstić information content (AvgIpc) is 3.21. The monoisotopic (exact) mass is 297 g/mol. The molecule has 1 saturated heterocycles. The van der Waals surface area contributed by atoms with E-state index < -0.39 is 5.60 Å². The molecule has 0 atom stereocenters. The maximum absolute atomic E-state index is 11.9. The van der Waals surface area contributed by atoms with Crippen LogP contribution in [0.15, 0.2) is 0 Å². The maximum Gasteiger partial charge on any atom is 0.410 e. The number of amides is 2. The van der Waals surface area contributed by atoms with Gasteiger partial charge in [0, 0.05) is 45.2 Å². The number of hydrogen-bond acceptors (Lipinski definition) is 4. The topological polar surface area (TPSA) is 61.9 Å². The molecule has 0 bridgehead atoms. The number of hydrogen-bond donors (Lipinski definition) is 1. The number of ether oxygens (including phenoxy) is 1. The van der Waals surface area contributed by atoms with Gasteiger partial charge in [-0.2, -0.15) is 0 Å². The van der Waals surface area contributed by atoms with Crippen molar-refractivity contribution in [3.63, 3.8) is 0 Å². The molecule has 0 unspecified atom stereocenters. The highest BCUT2D eigenvalue weighted by molar-refractivity contribution is 5.80. The van der Waals surface area contributed by atoms with E-state index in [1.165, 1.54) is 0 Å². The Morgan fingerprint density at radius 2 is 1.76 bits per heavy atom. The number of carbonyl (C=O) groups is 2. The average molecular weight is 297 g/mol. The highest BCUT2D eigenvalue weighted by Gasteiger charge is 2.29. The Labute approximate surface area is 126 Å². The fourth-order valence-electron chi connectivity index (χ4n) is 2.31. The molecular weight excluding hydrogens is 270 g/mol. The third kappa shape index (κ3) is 5.53. The zero-order valence-electron chi connectivity index (χ0n) is 13.4. The molecule has 6 nitrogen and oxygen atoms in total. The summed E-state index contributed by atoms with van der Waals surface area (Å²) in [6, 6.07) is 0. The summed E-state index contributed by atoms with van der Waals surface area (Å²) in [6.45, 7) is 10.2. The standard InChI is InChI=1S/C15H27N3O3/c1-15(2,3)21-14(20)18-10-8-17(9-11-18)7-6-16-13(19)12-4-5-12/h12H,4-11H2,1-3H3,(H,16,19). The van der Waals surface area contributed by atoms with Gasteiger partial charge in [-0.3, -0.25) is 9.69 Å². The molecule has 21 heavy (non-hydrogen) atoms. The second-order valence-corrected chi connectivity index (χ2v) is 6.87. The van der Waals surface area contributed by atoms with Gasteiger partial charge in [-0.15, -0.1) is 0 Å². The third-order valence-electron chi connectivity index (χ3n) is 3.70. The van der Waals surface area contributed by atoms with E-state index in [0.717, 1.165) is 32.5 Å². The third-order valence-corrected chi connectivity index (χ3v) is 3.70. The minimum absolute atomic E-state index is 0.197. The first kappa shape index (κ1) is 16.1. The van der Waals surface area contributed by atoms with Crippen LogP contribution in [0, 0.1) is 5.92 Å². The van der Waals surface area contributed by atoms with Gasteiger partial charge < -0.3 is 15.0 Å². The van der Waals surface area contributed by atoms with E-state index in [9.17, 15) is 9.59 Å². The maximum atomic E-state index is 11.9. The van der Waals surface area contributed by atoms with Crippen molar-refractivity contribution in [1.29, 1.82) is 0 Å². The van der Waals surface area contributed by atoms with Gasteiger partial charge in [-0.05, 0) is 33.6 Å². The molecule has 0 radical (unpaired) electrons. The Hall–Kier alpha value is -1.30. The van der Waals surface area contributed by atoms with Crippen LogP contribution in [0.1, 0.15) is 33.6 Å². The molecule has 1 aliphatic heterocycles. The van der Waals surface area contributed by atoms with E-state index in [0.29, 0.717) is 19.6 Å². The summed E-state index contributed by atoms with van der Waals surface area (Å²) < 4.78 is 5.37. The summed E-state index contributed by atoms with van der Waals surface area (Å²) in [4.78, 5) is 27.5. The normalized spacial score (nSPS) is 20.2. The van der Waals surface area contributed by atoms with Crippen molar-refractivity contribution in [3.8, 4) is 0 Å². The lowest BCUT2D eigenvalue weighted by molar-refractivity contribution is -0.122. The molecule has 1 N–H and O–H groups in total. The van der Waals surface area contributed by atoms with Crippen molar-refractivity contribution in [1.82, 2.24) is 15.1 Å². The molecular formula is C15H27N3O3. The Morgan fingerprint density at radius 1 is 1.14 bits per heavy atom. The lowest BCUT2D eigenvalue weighted by Gasteiger charge is -2.35. The lowest BCUT2D eigenvalue weighted by atomic mass is 10.2. The minimum atomic E-state index is -0.443. The number of carbonyl (C=O) groups excluding carboxylic acids is 2. The number of piperazine rings is 1. The van der Waals surface area contributed by atoms with Crippen molar-refractivity contribution >= 4 is 12.0 Å². The minimum Gasteiger partial charge on any atom is -0.444 e.